The summed E-state index contributed by atoms with van der Waals surface area (Å²) in [6.07, 6.45) is 3.43. The Labute approximate surface area is 176 Å². The van der Waals surface area contributed by atoms with Crippen LogP contribution in [0.25, 0.3) is 0 Å². The van der Waals surface area contributed by atoms with Crippen LogP contribution in [0.5, 0.6) is 0 Å². The van der Waals surface area contributed by atoms with E-state index < -0.39 is 0 Å². The summed E-state index contributed by atoms with van der Waals surface area (Å²) in [5.41, 5.74) is 3.72. The fourth-order valence-electron chi connectivity index (χ4n) is 4.32. The topological polar surface area (TPSA) is 50.2 Å². The number of carbonyl (C=O) groups excluding carboxylic acids is 1. The van der Waals surface area contributed by atoms with Crippen molar-refractivity contribution in [1.82, 2.24) is 20.0 Å². The van der Waals surface area contributed by atoms with Crippen molar-refractivity contribution in [3.05, 3.63) is 52.6 Å². The van der Waals surface area contributed by atoms with Crippen molar-refractivity contribution >= 4 is 17.7 Å². The molecule has 156 valence electrons. The van der Waals surface area contributed by atoms with E-state index in [0.29, 0.717) is 18.2 Å². The quantitative estimate of drug-likeness (QED) is 0.787. The number of fused-ring (bicyclic) bond motifs is 1. The van der Waals surface area contributed by atoms with Crippen LogP contribution >= 0.6 is 11.8 Å². The van der Waals surface area contributed by atoms with Gasteiger partial charge in [0.25, 0.3) is 5.91 Å². The molecule has 0 spiro atoms. The minimum atomic E-state index is -0.142. The number of benzene rings is 1. The van der Waals surface area contributed by atoms with Crippen molar-refractivity contribution in [2.45, 2.75) is 45.2 Å². The molecular formula is C22H29FN4OS. The lowest BCUT2D eigenvalue weighted by Gasteiger charge is -2.27. The van der Waals surface area contributed by atoms with Gasteiger partial charge in [-0.1, -0.05) is 18.2 Å². The van der Waals surface area contributed by atoms with Crippen LogP contribution in [0.4, 0.5) is 4.39 Å². The average Bonchev–Trinajstić information content (AvgIpc) is 3.13. The molecule has 2 aliphatic rings. The Kier molecular flexibility index (Phi) is 6.55. The molecule has 29 heavy (non-hydrogen) atoms. The molecule has 1 aromatic carbocycles. The van der Waals surface area contributed by atoms with Crippen LogP contribution in [0.2, 0.25) is 0 Å². The summed E-state index contributed by atoms with van der Waals surface area (Å²) >= 11 is 1.90. The summed E-state index contributed by atoms with van der Waals surface area (Å²) in [7, 11) is 0. The van der Waals surface area contributed by atoms with Gasteiger partial charge in [-0.05, 0) is 50.8 Å². The second-order valence-corrected chi connectivity index (χ2v) is 8.95. The number of halogens is 1. The predicted molar refractivity (Wildman–Crippen MR) is 115 cm³/mol. The van der Waals surface area contributed by atoms with Crippen LogP contribution in [0.1, 0.15) is 40.7 Å². The van der Waals surface area contributed by atoms with E-state index in [4.69, 9.17) is 5.10 Å². The van der Waals surface area contributed by atoms with Gasteiger partial charge in [0.2, 0.25) is 0 Å². The first-order valence-electron chi connectivity index (χ1n) is 10.6. The zero-order valence-electron chi connectivity index (χ0n) is 17.0. The number of aromatic nitrogens is 2. The van der Waals surface area contributed by atoms with Crippen LogP contribution < -0.4 is 5.32 Å². The molecule has 0 saturated carbocycles. The summed E-state index contributed by atoms with van der Waals surface area (Å²) in [4.78, 5) is 15.1. The molecule has 4 rings (SSSR count). The summed E-state index contributed by atoms with van der Waals surface area (Å²) in [5.74, 6) is 1.95. The second kappa shape index (κ2) is 9.30. The molecule has 2 aromatic rings. The van der Waals surface area contributed by atoms with Crippen LogP contribution in [0.3, 0.4) is 0 Å². The first-order valence-corrected chi connectivity index (χ1v) is 11.7. The first kappa shape index (κ1) is 20.4. The molecule has 5 nitrogen and oxygen atoms in total. The zero-order valence-corrected chi connectivity index (χ0v) is 17.8. The molecule has 1 amide bonds. The summed E-state index contributed by atoms with van der Waals surface area (Å²) < 4.78 is 15.8. The highest BCUT2D eigenvalue weighted by Gasteiger charge is 2.31. The van der Waals surface area contributed by atoms with Gasteiger partial charge in [-0.15, -0.1) is 0 Å². The van der Waals surface area contributed by atoms with E-state index >= 15 is 0 Å². The number of thioether (sulfide) groups is 1. The highest BCUT2D eigenvalue weighted by Crippen LogP contribution is 2.26. The average molecular weight is 417 g/mol. The van der Waals surface area contributed by atoms with Crippen LogP contribution in [0, 0.1) is 5.82 Å². The predicted octanol–water partition coefficient (Wildman–Crippen LogP) is 2.92. The van der Waals surface area contributed by atoms with Gasteiger partial charge in [-0.25, -0.2) is 4.39 Å². The van der Waals surface area contributed by atoms with Crippen LogP contribution in [0.15, 0.2) is 24.3 Å². The lowest BCUT2D eigenvalue weighted by Crippen LogP contribution is -2.40. The second-order valence-electron chi connectivity index (χ2n) is 7.73. The van der Waals surface area contributed by atoms with Gasteiger partial charge in [-0.2, -0.15) is 16.9 Å². The van der Waals surface area contributed by atoms with Crippen molar-refractivity contribution in [1.29, 1.82) is 0 Å². The molecule has 1 aliphatic heterocycles. The maximum atomic E-state index is 13.8. The molecule has 2 heterocycles. The van der Waals surface area contributed by atoms with Gasteiger partial charge in [-0.3, -0.25) is 9.48 Å². The largest absolute Gasteiger partial charge is 0.336 e. The van der Waals surface area contributed by atoms with E-state index in [9.17, 15) is 9.18 Å². The van der Waals surface area contributed by atoms with Gasteiger partial charge in [0.05, 0.1) is 0 Å². The van der Waals surface area contributed by atoms with Crippen molar-refractivity contribution in [2.24, 2.45) is 0 Å². The smallest absolute Gasteiger partial charge is 0.274 e. The summed E-state index contributed by atoms with van der Waals surface area (Å²) in [5, 5.41) is 8.28. The van der Waals surface area contributed by atoms with E-state index in [2.05, 4.69) is 12.2 Å². The number of amides is 1. The minimum Gasteiger partial charge on any atom is -0.336 e. The van der Waals surface area contributed by atoms with Gasteiger partial charge in [0.15, 0.2) is 5.69 Å². The fraction of sp³-hybridized carbons (Fsp3) is 0.545. The molecule has 0 bridgehead atoms. The van der Waals surface area contributed by atoms with Crippen molar-refractivity contribution < 1.29 is 9.18 Å². The molecule has 1 aliphatic carbocycles. The summed E-state index contributed by atoms with van der Waals surface area (Å²) in [6, 6.07) is 7.25. The van der Waals surface area contributed by atoms with Crippen molar-refractivity contribution in [2.75, 3.05) is 31.1 Å². The molecule has 1 fully saturated rings. The molecule has 1 saturated heterocycles. The SMILES string of the molecule is CCn1nc(C(=O)N2CCSCC2)c2c1CCC(NCCc1ccccc1F)C2. The number of nitrogens with zero attached hydrogens (tertiary/aromatic N) is 3. The number of hydrogen-bond donors (Lipinski definition) is 1. The van der Waals surface area contributed by atoms with E-state index in [-0.39, 0.29) is 11.7 Å². The number of aryl methyl sites for hydroxylation is 1. The highest BCUT2D eigenvalue weighted by molar-refractivity contribution is 7.99. The van der Waals surface area contributed by atoms with Crippen LogP contribution in [-0.2, 0) is 25.8 Å². The lowest BCUT2D eigenvalue weighted by atomic mass is 9.91. The van der Waals surface area contributed by atoms with E-state index in [1.54, 1.807) is 6.07 Å². The van der Waals surface area contributed by atoms with Gasteiger partial charge < -0.3 is 10.2 Å². The first-order chi connectivity index (χ1) is 14.2. The number of rotatable bonds is 6. The third-order valence-corrected chi connectivity index (χ3v) is 6.87. The number of carbonyl (C=O) groups is 1. The Balaban J connectivity index is 1.44. The maximum Gasteiger partial charge on any atom is 0.274 e. The number of hydrogen-bond acceptors (Lipinski definition) is 4. The molecule has 0 radical (unpaired) electrons. The molecular weight excluding hydrogens is 387 g/mol. The third kappa shape index (κ3) is 4.51. The minimum absolute atomic E-state index is 0.0840. The third-order valence-electron chi connectivity index (χ3n) is 5.93. The zero-order chi connectivity index (χ0) is 20.2. The molecule has 1 N–H and O–H groups in total. The van der Waals surface area contributed by atoms with Gasteiger partial charge in [0, 0.05) is 48.4 Å². The van der Waals surface area contributed by atoms with Gasteiger partial charge >= 0.3 is 0 Å². The maximum absolute atomic E-state index is 13.8. The molecule has 7 heteroatoms. The van der Waals surface area contributed by atoms with Crippen molar-refractivity contribution in [3.8, 4) is 0 Å². The normalized spacial score (nSPS) is 19.2. The Bertz CT molecular complexity index is 862. The Morgan fingerprint density at radius 2 is 2.10 bits per heavy atom. The molecule has 1 atom stereocenters. The molecule has 1 unspecified atom stereocenters. The number of nitrogens with one attached hydrogen (secondary N) is 1. The molecule has 1 aromatic heterocycles. The fourth-order valence-corrected chi connectivity index (χ4v) is 5.23. The summed E-state index contributed by atoms with van der Waals surface area (Å²) in [6.45, 7) is 5.22. The Morgan fingerprint density at radius 1 is 1.31 bits per heavy atom. The monoisotopic (exact) mass is 416 g/mol. The standard InChI is InChI=1S/C22H29FN4OS/c1-2-27-20-8-7-17(24-10-9-16-5-3-4-6-19(16)23)15-18(20)21(25-27)22(28)26-11-13-29-14-12-26/h3-6,17,24H,2,7-15H2,1H3. The van der Waals surface area contributed by atoms with E-state index in [1.165, 1.54) is 11.8 Å². The van der Waals surface area contributed by atoms with Crippen LogP contribution in [-0.4, -0.2) is 57.8 Å². The van der Waals surface area contributed by atoms with Gasteiger partial charge in [0.1, 0.15) is 5.82 Å². The Hall–Kier alpha value is -1.86. The highest BCUT2D eigenvalue weighted by atomic mass is 32.2. The van der Waals surface area contributed by atoms with Crippen molar-refractivity contribution in [3.63, 3.8) is 0 Å². The Morgan fingerprint density at radius 3 is 2.86 bits per heavy atom. The van der Waals surface area contributed by atoms with E-state index in [0.717, 1.165) is 68.1 Å². The van der Waals surface area contributed by atoms with E-state index in [1.807, 2.05) is 33.5 Å². The lowest BCUT2D eigenvalue weighted by molar-refractivity contribution is 0.0764.